The predicted molar refractivity (Wildman–Crippen MR) is 74.7 cm³/mol. The van der Waals surface area contributed by atoms with Crippen LogP contribution in [-0.4, -0.2) is 10.1 Å². The third-order valence-corrected chi connectivity index (χ3v) is 3.02. The highest BCUT2D eigenvalue weighted by molar-refractivity contribution is 6.39. The average molecular weight is 293 g/mol. The molecule has 1 aromatic carbocycles. The number of benzene rings is 1. The van der Waals surface area contributed by atoms with Crippen molar-refractivity contribution in [3.63, 3.8) is 0 Å². The van der Waals surface area contributed by atoms with E-state index in [4.69, 9.17) is 23.2 Å². The number of aryl methyl sites for hydroxylation is 1. The molecule has 2 nitrogen and oxygen atoms in total. The molecule has 0 atom stereocenters. The molecule has 1 N–H and O–H groups in total. The first kappa shape index (κ1) is 14.4. The second-order valence-corrected chi connectivity index (χ2v) is 4.45. The summed E-state index contributed by atoms with van der Waals surface area (Å²) < 4.78 is 0. The molecule has 0 saturated carbocycles. The van der Waals surface area contributed by atoms with Gasteiger partial charge in [0, 0.05) is 11.1 Å². The molecular formula is C12H12Cl3NO. The van der Waals surface area contributed by atoms with Gasteiger partial charge < -0.3 is 5.11 Å². The summed E-state index contributed by atoms with van der Waals surface area (Å²) in [7, 11) is 0. The zero-order chi connectivity index (χ0) is 11.7. The molecule has 0 bridgehead atoms. The fourth-order valence-electron chi connectivity index (χ4n) is 1.64. The normalized spacial score (nSPS) is 10.3. The maximum Gasteiger partial charge on any atom is 0.160 e. The topological polar surface area (TPSA) is 33.1 Å². The van der Waals surface area contributed by atoms with Crippen molar-refractivity contribution in [2.75, 3.05) is 0 Å². The summed E-state index contributed by atoms with van der Waals surface area (Å²) >= 11 is 11.9. The Kier molecular flexibility index (Phi) is 4.87. The first-order chi connectivity index (χ1) is 7.63. The van der Waals surface area contributed by atoms with Gasteiger partial charge in [0.25, 0.3) is 0 Å². The molecule has 2 rings (SSSR count). The van der Waals surface area contributed by atoms with E-state index in [-0.39, 0.29) is 23.2 Å². The second-order valence-electron chi connectivity index (χ2n) is 3.64. The van der Waals surface area contributed by atoms with Gasteiger partial charge in [0.2, 0.25) is 0 Å². The van der Waals surface area contributed by atoms with E-state index in [0.29, 0.717) is 10.5 Å². The molecule has 0 saturated heterocycles. The van der Waals surface area contributed by atoms with Crippen LogP contribution >= 0.6 is 35.6 Å². The van der Waals surface area contributed by atoms with Crippen LogP contribution < -0.4 is 0 Å². The van der Waals surface area contributed by atoms with Gasteiger partial charge in [-0.3, -0.25) is 0 Å². The van der Waals surface area contributed by atoms with Crippen LogP contribution in [0.5, 0.6) is 5.75 Å². The van der Waals surface area contributed by atoms with Crippen LogP contribution in [0.4, 0.5) is 0 Å². The zero-order valence-electron chi connectivity index (χ0n) is 9.20. The minimum atomic E-state index is -0.000908. The molecule has 0 amide bonds. The monoisotopic (exact) mass is 291 g/mol. The van der Waals surface area contributed by atoms with Gasteiger partial charge in [-0.15, -0.1) is 12.4 Å². The average Bonchev–Trinajstić information content (AvgIpc) is 2.26. The number of fused-ring (bicyclic) bond motifs is 1. The minimum Gasteiger partial charge on any atom is -0.504 e. The van der Waals surface area contributed by atoms with Gasteiger partial charge in [0.1, 0.15) is 5.52 Å². The van der Waals surface area contributed by atoms with E-state index in [9.17, 15) is 5.11 Å². The van der Waals surface area contributed by atoms with Gasteiger partial charge in [-0.2, -0.15) is 0 Å². The summed E-state index contributed by atoms with van der Waals surface area (Å²) in [5.74, 6) is -0.000908. The number of phenolic OH excluding ortho intramolecular Hbond substituents is 1. The van der Waals surface area contributed by atoms with Crippen molar-refractivity contribution >= 4 is 46.5 Å². The Morgan fingerprint density at radius 1 is 1.24 bits per heavy atom. The lowest BCUT2D eigenvalue weighted by Gasteiger charge is -2.06. The molecular weight excluding hydrogens is 280 g/mol. The van der Waals surface area contributed by atoms with E-state index >= 15 is 0 Å². The van der Waals surface area contributed by atoms with E-state index in [1.54, 1.807) is 0 Å². The molecule has 0 spiro atoms. The van der Waals surface area contributed by atoms with Gasteiger partial charge in [0.15, 0.2) is 5.75 Å². The highest BCUT2D eigenvalue weighted by Gasteiger charge is 2.10. The number of hydrogen-bond acceptors (Lipinski definition) is 2. The minimum absolute atomic E-state index is 0. The summed E-state index contributed by atoms with van der Waals surface area (Å²) in [6.07, 6.45) is 1.88. The quantitative estimate of drug-likeness (QED) is 0.876. The van der Waals surface area contributed by atoms with E-state index in [0.717, 1.165) is 23.9 Å². The maximum absolute atomic E-state index is 9.82. The maximum atomic E-state index is 9.82. The van der Waals surface area contributed by atoms with Crippen LogP contribution in [0.15, 0.2) is 18.2 Å². The molecule has 17 heavy (non-hydrogen) atoms. The zero-order valence-corrected chi connectivity index (χ0v) is 11.5. The third-order valence-electron chi connectivity index (χ3n) is 2.42. The first-order valence-electron chi connectivity index (χ1n) is 5.10. The fourth-order valence-corrected chi connectivity index (χ4v) is 2.15. The number of pyridine rings is 1. The lowest BCUT2D eigenvalue weighted by atomic mass is 10.1. The summed E-state index contributed by atoms with van der Waals surface area (Å²) in [4.78, 5) is 4.37. The van der Waals surface area contributed by atoms with Crippen molar-refractivity contribution in [2.45, 2.75) is 19.8 Å². The Balaban J connectivity index is 0.00000144. The Labute approximate surface area is 116 Å². The number of hydrogen-bond donors (Lipinski definition) is 1. The van der Waals surface area contributed by atoms with E-state index in [2.05, 4.69) is 11.9 Å². The SMILES string of the molecule is CCCc1ccc2c(Cl)cc(Cl)c(O)c2n1.Cl. The van der Waals surface area contributed by atoms with Crippen molar-refractivity contribution in [2.24, 2.45) is 0 Å². The van der Waals surface area contributed by atoms with E-state index < -0.39 is 0 Å². The molecule has 0 aliphatic rings. The van der Waals surface area contributed by atoms with Crippen molar-refractivity contribution in [3.8, 4) is 5.75 Å². The Hall–Kier alpha value is -0.700. The van der Waals surface area contributed by atoms with E-state index in [1.807, 2.05) is 12.1 Å². The summed E-state index contributed by atoms with van der Waals surface area (Å²) in [5.41, 5.74) is 1.41. The number of phenols is 1. The summed E-state index contributed by atoms with van der Waals surface area (Å²) in [6, 6.07) is 5.32. The standard InChI is InChI=1S/C12H11Cl2NO.ClH/c1-2-3-7-4-5-8-9(13)6-10(14)12(16)11(8)15-7;/h4-6,16H,2-3H2,1H3;1H. The molecule has 2 aromatic rings. The molecule has 0 aliphatic heterocycles. The first-order valence-corrected chi connectivity index (χ1v) is 5.85. The molecule has 92 valence electrons. The molecule has 0 unspecified atom stereocenters. The van der Waals surface area contributed by atoms with Gasteiger partial charge >= 0.3 is 0 Å². The lowest BCUT2D eigenvalue weighted by molar-refractivity contribution is 0.480. The summed E-state index contributed by atoms with van der Waals surface area (Å²) in [6.45, 7) is 2.08. The van der Waals surface area contributed by atoms with Gasteiger partial charge in [-0.1, -0.05) is 36.5 Å². The summed E-state index contributed by atoms with van der Waals surface area (Å²) in [5, 5.41) is 11.3. The number of aromatic nitrogens is 1. The highest BCUT2D eigenvalue weighted by atomic mass is 35.5. The predicted octanol–water partition coefficient (Wildman–Crippen LogP) is 4.62. The number of halogens is 3. The third kappa shape index (κ3) is 2.76. The van der Waals surface area contributed by atoms with Crippen LogP contribution in [0.3, 0.4) is 0 Å². The smallest absolute Gasteiger partial charge is 0.160 e. The Morgan fingerprint density at radius 3 is 2.59 bits per heavy atom. The van der Waals surface area contributed by atoms with Crippen LogP contribution in [-0.2, 0) is 6.42 Å². The van der Waals surface area contributed by atoms with Crippen molar-refractivity contribution in [1.29, 1.82) is 0 Å². The molecule has 0 aliphatic carbocycles. The lowest BCUT2D eigenvalue weighted by Crippen LogP contribution is -1.90. The van der Waals surface area contributed by atoms with Gasteiger partial charge in [-0.05, 0) is 24.6 Å². The molecule has 5 heteroatoms. The fraction of sp³-hybridized carbons (Fsp3) is 0.250. The molecule has 0 radical (unpaired) electrons. The van der Waals surface area contributed by atoms with Crippen LogP contribution in [0.25, 0.3) is 10.9 Å². The van der Waals surface area contributed by atoms with Crippen molar-refractivity contribution in [3.05, 3.63) is 33.9 Å². The molecule has 0 fully saturated rings. The van der Waals surface area contributed by atoms with Crippen LogP contribution in [0, 0.1) is 0 Å². The van der Waals surface area contributed by atoms with Crippen molar-refractivity contribution < 1.29 is 5.11 Å². The van der Waals surface area contributed by atoms with E-state index in [1.165, 1.54) is 6.07 Å². The number of rotatable bonds is 2. The van der Waals surface area contributed by atoms with Gasteiger partial charge in [0.05, 0.1) is 10.0 Å². The molecule has 1 aromatic heterocycles. The number of aromatic hydroxyl groups is 1. The largest absolute Gasteiger partial charge is 0.504 e. The Morgan fingerprint density at radius 2 is 1.94 bits per heavy atom. The Bertz CT molecular complexity index is 543. The van der Waals surface area contributed by atoms with Gasteiger partial charge in [-0.25, -0.2) is 4.98 Å². The second kappa shape index (κ2) is 5.76. The van der Waals surface area contributed by atoms with Crippen LogP contribution in [0.2, 0.25) is 10.0 Å². The number of nitrogens with zero attached hydrogens (tertiary/aromatic N) is 1. The van der Waals surface area contributed by atoms with Crippen molar-refractivity contribution in [1.82, 2.24) is 4.98 Å². The molecule has 1 heterocycles. The highest BCUT2D eigenvalue weighted by Crippen LogP contribution is 2.36. The van der Waals surface area contributed by atoms with Crippen LogP contribution in [0.1, 0.15) is 19.0 Å².